The van der Waals surface area contributed by atoms with Gasteiger partial charge in [0.2, 0.25) is 0 Å². The lowest BCUT2D eigenvalue weighted by molar-refractivity contribution is 0.0990. The third-order valence-corrected chi connectivity index (χ3v) is 4.18. The molecule has 1 N–H and O–H groups in total. The van der Waals surface area contributed by atoms with Gasteiger partial charge in [-0.2, -0.15) is 0 Å². The molecule has 0 radical (unpaired) electrons. The molecule has 0 saturated carbocycles. The van der Waals surface area contributed by atoms with Gasteiger partial charge in [0.05, 0.1) is 13.7 Å². The Labute approximate surface area is 144 Å². The largest absolute Gasteiger partial charge is 0.497 e. The lowest BCUT2D eigenvalue weighted by Gasteiger charge is -2.25. The number of ether oxygens (including phenoxy) is 1. The minimum atomic E-state index is -0.0246. The number of hydrogen-bond donors (Lipinski definition) is 1. The average Bonchev–Trinajstić information content (AvgIpc) is 2.82. The fourth-order valence-corrected chi connectivity index (χ4v) is 3.24. The van der Waals surface area contributed by atoms with Crippen molar-refractivity contribution >= 4 is 5.78 Å². The summed E-state index contributed by atoms with van der Waals surface area (Å²) in [5.41, 5.74) is 4.08. The van der Waals surface area contributed by atoms with Gasteiger partial charge in [0.25, 0.3) is 0 Å². The molecule has 0 fully saturated rings. The summed E-state index contributed by atoms with van der Waals surface area (Å²) in [5, 5.41) is 3.23. The minimum Gasteiger partial charge on any atom is -0.497 e. The van der Waals surface area contributed by atoms with Gasteiger partial charge in [-0.15, -0.1) is 0 Å². The van der Waals surface area contributed by atoms with Gasteiger partial charge in [-0.05, 0) is 58.4 Å². The molecule has 0 aliphatic rings. The second-order valence-corrected chi connectivity index (χ2v) is 7.17. The summed E-state index contributed by atoms with van der Waals surface area (Å²) in [4.78, 5) is 12.6. The van der Waals surface area contributed by atoms with Crippen LogP contribution in [-0.4, -0.2) is 24.0 Å². The Bertz CT molecular complexity index is 706. The van der Waals surface area contributed by atoms with Crippen LogP contribution < -0.4 is 10.1 Å². The molecule has 0 aliphatic carbocycles. The summed E-state index contributed by atoms with van der Waals surface area (Å²) in [7, 11) is 1.65. The van der Waals surface area contributed by atoms with Crippen molar-refractivity contribution < 1.29 is 9.53 Å². The van der Waals surface area contributed by atoms with E-state index in [1.54, 1.807) is 7.11 Å². The van der Waals surface area contributed by atoms with Crippen LogP contribution in [0.15, 0.2) is 30.3 Å². The number of nitrogens with zero attached hydrogens (tertiary/aromatic N) is 1. The van der Waals surface area contributed by atoms with Crippen LogP contribution in [0.25, 0.3) is 0 Å². The Morgan fingerprint density at radius 3 is 2.29 bits per heavy atom. The number of aryl methyl sites for hydroxylation is 1. The maximum Gasteiger partial charge on any atom is 0.178 e. The van der Waals surface area contributed by atoms with E-state index in [2.05, 4.69) is 37.6 Å². The Kier molecular flexibility index (Phi) is 5.50. The molecule has 0 amide bonds. The number of nitrogens with one attached hydrogen (secondary N) is 1. The number of rotatable bonds is 6. The van der Waals surface area contributed by atoms with E-state index < -0.39 is 0 Å². The SMILES string of the molecule is COc1ccc(CNCC(=O)c2cc(C)n(C(C)(C)C)c2C)cc1. The van der Waals surface area contributed by atoms with Crippen molar-refractivity contribution in [3.05, 3.63) is 52.8 Å². The zero-order valence-electron chi connectivity index (χ0n) is 15.6. The zero-order valence-corrected chi connectivity index (χ0v) is 15.6. The molecular formula is C20H28N2O2. The Morgan fingerprint density at radius 2 is 1.79 bits per heavy atom. The molecular weight excluding hydrogens is 300 g/mol. The summed E-state index contributed by atoms with van der Waals surface area (Å²) in [6, 6.07) is 9.85. The van der Waals surface area contributed by atoms with Crippen molar-refractivity contribution in [3.8, 4) is 5.75 Å². The van der Waals surface area contributed by atoms with E-state index in [0.717, 1.165) is 28.3 Å². The predicted molar refractivity (Wildman–Crippen MR) is 97.9 cm³/mol. The van der Waals surface area contributed by atoms with Gasteiger partial charge in [0, 0.05) is 29.0 Å². The highest BCUT2D eigenvalue weighted by molar-refractivity contribution is 5.99. The molecule has 0 saturated heterocycles. The lowest BCUT2D eigenvalue weighted by Crippen LogP contribution is -2.26. The highest BCUT2D eigenvalue weighted by atomic mass is 16.5. The van der Waals surface area contributed by atoms with Crippen molar-refractivity contribution in [2.75, 3.05) is 13.7 Å². The molecule has 0 aliphatic heterocycles. The second kappa shape index (κ2) is 7.22. The van der Waals surface area contributed by atoms with Crippen LogP contribution in [0.5, 0.6) is 5.75 Å². The smallest absolute Gasteiger partial charge is 0.178 e. The highest BCUT2D eigenvalue weighted by Gasteiger charge is 2.22. The van der Waals surface area contributed by atoms with Crippen molar-refractivity contribution in [2.24, 2.45) is 0 Å². The summed E-state index contributed by atoms with van der Waals surface area (Å²) in [6.07, 6.45) is 0. The van der Waals surface area contributed by atoms with Gasteiger partial charge < -0.3 is 14.6 Å². The van der Waals surface area contributed by atoms with Crippen molar-refractivity contribution in [1.82, 2.24) is 9.88 Å². The number of carbonyl (C=O) groups is 1. The van der Waals surface area contributed by atoms with E-state index in [9.17, 15) is 4.79 Å². The maximum absolute atomic E-state index is 12.6. The van der Waals surface area contributed by atoms with Gasteiger partial charge in [0.1, 0.15) is 5.75 Å². The number of carbonyl (C=O) groups excluding carboxylic acids is 1. The summed E-state index contributed by atoms with van der Waals surface area (Å²) in [5.74, 6) is 0.969. The molecule has 4 heteroatoms. The molecule has 24 heavy (non-hydrogen) atoms. The standard InChI is InChI=1S/C20H28N2O2/c1-14-11-18(15(2)22(14)20(3,4)5)19(23)13-21-12-16-7-9-17(24-6)10-8-16/h7-11,21H,12-13H2,1-6H3. The van der Waals surface area contributed by atoms with Crippen LogP contribution in [0.3, 0.4) is 0 Å². The third-order valence-electron chi connectivity index (χ3n) is 4.18. The van der Waals surface area contributed by atoms with Gasteiger partial charge in [0.15, 0.2) is 5.78 Å². The first-order valence-corrected chi connectivity index (χ1v) is 8.30. The normalized spacial score (nSPS) is 11.6. The second-order valence-electron chi connectivity index (χ2n) is 7.17. The fraction of sp³-hybridized carbons (Fsp3) is 0.450. The number of aromatic nitrogens is 1. The van der Waals surface area contributed by atoms with Gasteiger partial charge in [-0.3, -0.25) is 4.79 Å². The van der Waals surface area contributed by atoms with E-state index in [1.165, 1.54) is 0 Å². The van der Waals surface area contributed by atoms with Gasteiger partial charge in [-0.1, -0.05) is 12.1 Å². The van der Waals surface area contributed by atoms with Gasteiger partial charge in [-0.25, -0.2) is 0 Å². The summed E-state index contributed by atoms with van der Waals surface area (Å²) >= 11 is 0. The molecule has 130 valence electrons. The van der Waals surface area contributed by atoms with E-state index in [-0.39, 0.29) is 11.3 Å². The van der Waals surface area contributed by atoms with Crippen LogP contribution >= 0.6 is 0 Å². The van der Waals surface area contributed by atoms with Crippen LogP contribution in [0.1, 0.15) is 48.1 Å². The molecule has 0 unspecified atom stereocenters. The van der Waals surface area contributed by atoms with Crippen LogP contribution in [0.4, 0.5) is 0 Å². The van der Waals surface area contributed by atoms with Crippen molar-refractivity contribution in [2.45, 2.75) is 46.7 Å². The monoisotopic (exact) mass is 328 g/mol. The molecule has 2 rings (SSSR count). The maximum atomic E-state index is 12.6. The quantitative estimate of drug-likeness (QED) is 0.819. The molecule has 1 heterocycles. The van der Waals surface area contributed by atoms with E-state index in [1.807, 2.05) is 37.3 Å². The number of benzene rings is 1. The topological polar surface area (TPSA) is 43.3 Å². The fourth-order valence-electron chi connectivity index (χ4n) is 3.24. The van der Waals surface area contributed by atoms with Crippen molar-refractivity contribution in [1.29, 1.82) is 0 Å². The molecule has 0 spiro atoms. The Balaban J connectivity index is 2.00. The molecule has 1 aromatic carbocycles. The Hall–Kier alpha value is -2.07. The number of methoxy groups -OCH3 is 1. The average molecular weight is 328 g/mol. The molecule has 0 atom stereocenters. The van der Waals surface area contributed by atoms with E-state index in [0.29, 0.717) is 13.1 Å². The van der Waals surface area contributed by atoms with Crippen molar-refractivity contribution in [3.63, 3.8) is 0 Å². The summed E-state index contributed by atoms with van der Waals surface area (Å²) in [6.45, 7) is 11.5. The third kappa shape index (κ3) is 4.06. The highest BCUT2D eigenvalue weighted by Crippen LogP contribution is 2.24. The Morgan fingerprint density at radius 1 is 1.17 bits per heavy atom. The van der Waals surface area contributed by atoms with Gasteiger partial charge >= 0.3 is 0 Å². The number of hydrogen-bond acceptors (Lipinski definition) is 3. The first-order chi connectivity index (χ1) is 11.2. The van der Waals surface area contributed by atoms with Crippen LogP contribution in [0, 0.1) is 13.8 Å². The molecule has 4 nitrogen and oxygen atoms in total. The molecule has 2 aromatic rings. The summed E-state index contributed by atoms with van der Waals surface area (Å²) < 4.78 is 7.37. The van der Waals surface area contributed by atoms with E-state index in [4.69, 9.17) is 4.74 Å². The lowest BCUT2D eigenvalue weighted by atomic mass is 10.1. The number of ketones is 1. The van der Waals surface area contributed by atoms with E-state index >= 15 is 0 Å². The first kappa shape index (κ1) is 18.3. The number of Topliss-reactive ketones (excluding diaryl/α,β-unsaturated/α-hetero) is 1. The minimum absolute atomic E-state index is 0.0246. The van der Waals surface area contributed by atoms with Crippen LogP contribution in [-0.2, 0) is 12.1 Å². The molecule has 0 bridgehead atoms. The molecule has 1 aromatic heterocycles. The first-order valence-electron chi connectivity index (χ1n) is 8.30. The van der Waals surface area contributed by atoms with Crippen LogP contribution in [0.2, 0.25) is 0 Å². The zero-order chi connectivity index (χ0) is 17.9. The predicted octanol–water partition coefficient (Wildman–Crippen LogP) is 3.84.